The van der Waals surface area contributed by atoms with Crippen molar-refractivity contribution >= 4 is 0 Å². The third-order valence-corrected chi connectivity index (χ3v) is 2.61. The van der Waals surface area contributed by atoms with Gasteiger partial charge in [0.25, 0.3) is 0 Å². The molecule has 3 heteroatoms. The van der Waals surface area contributed by atoms with Gasteiger partial charge in [0.2, 0.25) is 0 Å². The lowest BCUT2D eigenvalue weighted by Crippen LogP contribution is -2.29. The predicted octanol–water partition coefficient (Wildman–Crippen LogP) is 1.98. The van der Waals surface area contributed by atoms with E-state index in [-0.39, 0.29) is 18.7 Å². The third-order valence-electron chi connectivity index (χ3n) is 2.61. The number of nitrogens with zero attached hydrogens (tertiary/aromatic N) is 1. The average molecular weight is 218 g/mol. The van der Waals surface area contributed by atoms with Crippen molar-refractivity contribution in [2.45, 2.75) is 32.4 Å². The largest absolute Gasteiger partial charge is 0.396 e. The van der Waals surface area contributed by atoms with Crippen LogP contribution in [0.5, 0.6) is 0 Å². The van der Waals surface area contributed by atoms with E-state index >= 15 is 0 Å². The minimum absolute atomic E-state index is 0.190. The van der Waals surface area contributed by atoms with Gasteiger partial charge in [-0.05, 0) is 38.0 Å². The monoisotopic (exact) mass is 218 g/mol. The first-order valence-corrected chi connectivity index (χ1v) is 5.54. The summed E-state index contributed by atoms with van der Waals surface area (Å²) in [5.74, 6) is 0. The molecule has 1 aromatic carbocycles. The van der Waals surface area contributed by atoms with E-state index in [9.17, 15) is 0 Å². The van der Waals surface area contributed by atoms with E-state index in [1.165, 1.54) is 0 Å². The second kappa shape index (κ2) is 6.26. The summed E-state index contributed by atoms with van der Waals surface area (Å²) >= 11 is 0. The van der Waals surface area contributed by atoms with E-state index in [0.717, 1.165) is 12.0 Å². The molecule has 0 spiro atoms. The fourth-order valence-corrected chi connectivity index (χ4v) is 1.68. The van der Waals surface area contributed by atoms with E-state index in [0.29, 0.717) is 5.56 Å². The van der Waals surface area contributed by atoms with Crippen molar-refractivity contribution < 1.29 is 5.11 Å². The summed E-state index contributed by atoms with van der Waals surface area (Å²) < 4.78 is 0. The molecule has 2 N–H and O–H groups in total. The molecular formula is C13H18N2O. The van der Waals surface area contributed by atoms with Gasteiger partial charge in [0.05, 0.1) is 11.6 Å². The average Bonchev–Trinajstić information content (AvgIpc) is 2.29. The predicted molar refractivity (Wildman–Crippen MR) is 63.9 cm³/mol. The summed E-state index contributed by atoms with van der Waals surface area (Å²) in [6.07, 6.45) is 0.738. The van der Waals surface area contributed by atoms with Crippen molar-refractivity contribution in [3.63, 3.8) is 0 Å². The maximum atomic E-state index is 8.82. The summed E-state index contributed by atoms with van der Waals surface area (Å²) in [4.78, 5) is 0. The summed E-state index contributed by atoms with van der Waals surface area (Å²) in [6, 6.07) is 10.2. The van der Waals surface area contributed by atoms with Gasteiger partial charge >= 0.3 is 0 Å². The van der Waals surface area contributed by atoms with Crippen LogP contribution >= 0.6 is 0 Å². The number of hydrogen-bond donors (Lipinski definition) is 2. The Balaban J connectivity index is 2.65. The minimum atomic E-state index is 0.190. The van der Waals surface area contributed by atoms with E-state index in [2.05, 4.69) is 18.3 Å². The maximum Gasteiger partial charge on any atom is 0.0991 e. The van der Waals surface area contributed by atoms with E-state index in [1.807, 2.05) is 25.1 Å². The number of benzene rings is 1. The Morgan fingerprint density at radius 1 is 1.44 bits per heavy atom. The van der Waals surface area contributed by atoms with Gasteiger partial charge in [-0.3, -0.25) is 0 Å². The summed E-state index contributed by atoms with van der Waals surface area (Å²) in [7, 11) is 0. The standard InChI is InChI=1S/C13H18N2O/c1-10(6-7-16)15-11(2)13-5-3-4-12(8-13)9-14/h3-5,8,10-11,15-16H,6-7H2,1-2H3/t10-,11?/m1/s1. The van der Waals surface area contributed by atoms with Crippen molar-refractivity contribution in [2.75, 3.05) is 6.61 Å². The maximum absolute atomic E-state index is 8.82. The Bertz CT molecular complexity index is 370. The zero-order valence-electron chi connectivity index (χ0n) is 9.77. The zero-order chi connectivity index (χ0) is 12.0. The van der Waals surface area contributed by atoms with Gasteiger partial charge in [0, 0.05) is 18.7 Å². The second-order valence-corrected chi connectivity index (χ2v) is 4.04. The Morgan fingerprint density at radius 2 is 2.19 bits per heavy atom. The molecule has 0 amide bonds. The second-order valence-electron chi connectivity index (χ2n) is 4.04. The fourth-order valence-electron chi connectivity index (χ4n) is 1.68. The molecular weight excluding hydrogens is 200 g/mol. The molecule has 86 valence electrons. The highest BCUT2D eigenvalue weighted by atomic mass is 16.3. The number of nitrogens with one attached hydrogen (secondary N) is 1. The van der Waals surface area contributed by atoms with Crippen molar-refractivity contribution in [1.29, 1.82) is 5.26 Å². The molecule has 0 radical (unpaired) electrons. The van der Waals surface area contributed by atoms with Crippen LogP contribution in [0.25, 0.3) is 0 Å². The molecule has 0 fully saturated rings. The molecule has 0 aliphatic rings. The Hall–Kier alpha value is -1.37. The van der Waals surface area contributed by atoms with Crippen LogP contribution in [-0.4, -0.2) is 17.8 Å². The third kappa shape index (κ3) is 3.65. The quantitative estimate of drug-likeness (QED) is 0.794. The molecule has 2 atom stereocenters. The molecule has 1 unspecified atom stereocenters. The van der Waals surface area contributed by atoms with Gasteiger partial charge < -0.3 is 10.4 Å². The lowest BCUT2D eigenvalue weighted by molar-refractivity contribution is 0.264. The van der Waals surface area contributed by atoms with Crippen LogP contribution in [0.1, 0.15) is 37.4 Å². The molecule has 1 rings (SSSR count). The molecule has 0 aliphatic heterocycles. The number of rotatable bonds is 5. The Labute approximate surface area is 96.7 Å². The Morgan fingerprint density at radius 3 is 2.81 bits per heavy atom. The van der Waals surface area contributed by atoms with Crippen LogP contribution in [-0.2, 0) is 0 Å². The van der Waals surface area contributed by atoms with E-state index in [1.54, 1.807) is 6.07 Å². The van der Waals surface area contributed by atoms with E-state index < -0.39 is 0 Å². The van der Waals surface area contributed by atoms with Gasteiger partial charge in [-0.15, -0.1) is 0 Å². The lowest BCUT2D eigenvalue weighted by Gasteiger charge is -2.19. The molecule has 0 aromatic heterocycles. The number of nitriles is 1. The molecule has 0 bridgehead atoms. The molecule has 3 nitrogen and oxygen atoms in total. The topological polar surface area (TPSA) is 56.0 Å². The van der Waals surface area contributed by atoms with E-state index in [4.69, 9.17) is 10.4 Å². The molecule has 1 aromatic rings. The lowest BCUT2D eigenvalue weighted by atomic mass is 10.0. The number of aliphatic hydroxyl groups excluding tert-OH is 1. The summed E-state index contributed by atoms with van der Waals surface area (Å²) in [5, 5.41) is 21.0. The first-order valence-electron chi connectivity index (χ1n) is 5.54. The highest BCUT2D eigenvalue weighted by Gasteiger charge is 2.09. The molecule has 0 aliphatic carbocycles. The van der Waals surface area contributed by atoms with Crippen LogP contribution in [0.3, 0.4) is 0 Å². The van der Waals surface area contributed by atoms with Gasteiger partial charge in [-0.1, -0.05) is 12.1 Å². The molecule has 0 saturated heterocycles. The number of aliphatic hydroxyl groups is 1. The molecule has 16 heavy (non-hydrogen) atoms. The summed E-state index contributed by atoms with van der Waals surface area (Å²) in [5.41, 5.74) is 1.78. The van der Waals surface area contributed by atoms with Gasteiger partial charge in [0.15, 0.2) is 0 Å². The van der Waals surface area contributed by atoms with Crippen molar-refractivity contribution in [2.24, 2.45) is 0 Å². The van der Waals surface area contributed by atoms with Gasteiger partial charge in [-0.2, -0.15) is 5.26 Å². The van der Waals surface area contributed by atoms with Gasteiger partial charge in [-0.25, -0.2) is 0 Å². The van der Waals surface area contributed by atoms with Gasteiger partial charge in [0.1, 0.15) is 0 Å². The fraction of sp³-hybridized carbons (Fsp3) is 0.462. The minimum Gasteiger partial charge on any atom is -0.396 e. The smallest absolute Gasteiger partial charge is 0.0991 e. The van der Waals surface area contributed by atoms with Crippen LogP contribution in [0.2, 0.25) is 0 Å². The highest BCUT2D eigenvalue weighted by Crippen LogP contribution is 2.14. The normalized spacial score (nSPS) is 14.1. The van der Waals surface area contributed by atoms with Crippen LogP contribution in [0.4, 0.5) is 0 Å². The SMILES string of the molecule is CC(N[C@H](C)CCO)c1cccc(C#N)c1. The van der Waals surface area contributed by atoms with Crippen molar-refractivity contribution in [3.05, 3.63) is 35.4 Å². The summed E-state index contributed by atoms with van der Waals surface area (Å²) in [6.45, 7) is 4.30. The molecule has 0 heterocycles. The van der Waals surface area contributed by atoms with Crippen LogP contribution in [0, 0.1) is 11.3 Å². The van der Waals surface area contributed by atoms with Crippen LogP contribution in [0.15, 0.2) is 24.3 Å². The van der Waals surface area contributed by atoms with Crippen molar-refractivity contribution in [1.82, 2.24) is 5.32 Å². The van der Waals surface area contributed by atoms with Crippen molar-refractivity contribution in [3.8, 4) is 6.07 Å². The van der Waals surface area contributed by atoms with Crippen LogP contribution < -0.4 is 5.32 Å². The first-order chi connectivity index (χ1) is 7.67. The Kier molecular flexibility index (Phi) is 4.97. The number of hydrogen-bond acceptors (Lipinski definition) is 3. The highest BCUT2D eigenvalue weighted by molar-refractivity contribution is 5.34. The molecule has 0 saturated carbocycles. The zero-order valence-corrected chi connectivity index (χ0v) is 9.77. The first kappa shape index (κ1) is 12.7.